The van der Waals surface area contributed by atoms with Crippen molar-refractivity contribution in [3.8, 4) is 0 Å². The molecule has 1 unspecified atom stereocenters. The number of fused-ring (bicyclic) bond motifs is 1. The minimum Gasteiger partial charge on any atom is -0.478 e. The number of aliphatic carboxylic acids is 1. The molecule has 0 saturated carbocycles. The Labute approximate surface area is 122 Å². The lowest BCUT2D eigenvalue weighted by molar-refractivity contribution is -0.187. The average Bonchev–Trinajstić information content (AvgIpc) is 2.46. The Hall–Kier alpha value is -1.05. The summed E-state index contributed by atoms with van der Waals surface area (Å²) in [7, 11) is 1.51. The highest BCUT2D eigenvalue weighted by molar-refractivity contribution is 8.00. The zero-order valence-corrected chi connectivity index (χ0v) is 12.5. The number of carboxylic acid groups (broad SMARTS) is 1. The molecule has 2 heterocycles. The van der Waals surface area contributed by atoms with Crippen molar-refractivity contribution in [3.05, 3.63) is 11.8 Å². The van der Waals surface area contributed by atoms with Crippen LogP contribution in [0.1, 0.15) is 26.2 Å². The van der Waals surface area contributed by atoms with Crippen LogP contribution in [0.3, 0.4) is 0 Å². The lowest BCUT2D eigenvalue weighted by Crippen LogP contribution is -2.78. The van der Waals surface area contributed by atoms with Crippen molar-refractivity contribution < 1.29 is 19.4 Å². The number of amides is 1. The monoisotopic (exact) mass is 300 g/mol. The quantitative estimate of drug-likeness (QED) is 0.415. The molecule has 7 heteroatoms. The van der Waals surface area contributed by atoms with Crippen LogP contribution in [0.15, 0.2) is 11.8 Å². The predicted octanol–water partition coefficient (Wildman–Crippen LogP) is 0.992. The number of rotatable bonds is 7. The molecule has 0 spiro atoms. The van der Waals surface area contributed by atoms with Gasteiger partial charge in [0.25, 0.3) is 5.91 Å². The zero-order chi connectivity index (χ0) is 14.8. The van der Waals surface area contributed by atoms with E-state index in [-0.39, 0.29) is 16.9 Å². The van der Waals surface area contributed by atoms with E-state index in [4.69, 9.17) is 9.84 Å². The van der Waals surface area contributed by atoms with E-state index in [0.29, 0.717) is 12.3 Å². The highest BCUT2D eigenvalue weighted by Crippen LogP contribution is 2.43. The molecule has 1 amide bonds. The Balaban J connectivity index is 2.04. The van der Waals surface area contributed by atoms with E-state index >= 15 is 0 Å². The normalized spacial score (nSPS) is 28.7. The first-order chi connectivity index (χ1) is 9.56. The molecule has 0 bridgehead atoms. The number of hydrogen-bond acceptors (Lipinski definition) is 5. The summed E-state index contributed by atoms with van der Waals surface area (Å²) in [6, 6.07) is 0. The number of carbonyl (C=O) groups is 2. The molecule has 2 N–H and O–H groups in total. The third-order valence-corrected chi connectivity index (χ3v) is 4.96. The molecular weight excluding hydrogens is 280 g/mol. The van der Waals surface area contributed by atoms with Crippen molar-refractivity contribution in [1.29, 1.82) is 0 Å². The van der Waals surface area contributed by atoms with Gasteiger partial charge in [-0.15, -0.1) is 11.8 Å². The van der Waals surface area contributed by atoms with Crippen LogP contribution in [-0.2, 0) is 14.3 Å². The van der Waals surface area contributed by atoms with Gasteiger partial charge in [-0.05, 0) is 13.0 Å². The molecule has 0 radical (unpaired) electrons. The molecule has 0 aromatic heterocycles. The lowest BCUT2D eigenvalue weighted by Gasteiger charge is -2.54. The van der Waals surface area contributed by atoms with E-state index in [1.165, 1.54) is 30.0 Å². The molecular formula is C13H20N2O4S. The molecule has 2 aliphatic rings. The van der Waals surface area contributed by atoms with Gasteiger partial charge in [-0.25, -0.2) is 4.79 Å². The summed E-state index contributed by atoms with van der Waals surface area (Å²) in [4.78, 5) is 24.7. The van der Waals surface area contributed by atoms with Gasteiger partial charge in [0.15, 0.2) is 0 Å². The van der Waals surface area contributed by atoms with E-state index in [1.54, 1.807) is 0 Å². The maximum absolute atomic E-state index is 12.3. The van der Waals surface area contributed by atoms with Crippen molar-refractivity contribution in [2.45, 2.75) is 37.3 Å². The van der Waals surface area contributed by atoms with Gasteiger partial charge in [0.05, 0.1) is 5.57 Å². The van der Waals surface area contributed by atoms with Gasteiger partial charge in [0.2, 0.25) is 5.72 Å². The summed E-state index contributed by atoms with van der Waals surface area (Å²) in [5.41, 5.74) is -0.755. The molecule has 1 fully saturated rings. The Morgan fingerprint density at radius 3 is 3.00 bits per heavy atom. The number of ether oxygens (including phenoxy) is 1. The predicted molar refractivity (Wildman–Crippen MR) is 76.1 cm³/mol. The summed E-state index contributed by atoms with van der Waals surface area (Å²) in [6.45, 7) is 2.84. The van der Waals surface area contributed by atoms with Crippen molar-refractivity contribution >= 4 is 23.6 Å². The molecule has 6 nitrogen and oxygen atoms in total. The Morgan fingerprint density at radius 1 is 1.65 bits per heavy atom. The molecule has 2 aliphatic heterocycles. The molecule has 2 atom stereocenters. The largest absolute Gasteiger partial charge is 0.478 e. The lowest BCUT2D eigenvalue weighted by atomic mass is 10.0. The minimum atomic E-state index is -1.00. The van der Waals surface area contributed by atoms with Gasteiger partial charge in [0, 0.05) is 19.1 Å². The number of nitrogens with one attached hydrogen (secondary N) is 1. The van der Waals surface area contributed by atoms with Crippen molar-refractivity contribution in [3.63, 3.8) is 0 Å². The smallest absolute Gasteiger partial charge is 0.333 e. The van der Waals surface area contributed by atoms with Crippen molar-refractivity contribution in [1.82, 2.24) is 10.2 Å². The summed E-state index contributed by atoms with van der Waals surface area (Å²) >= 11 is 1.42. The SMILES string of the molecule is CCCCCNC1(OC)C(=O)N2C=C(C(=O)O)CS[C@@H]21. The highest BCUT2D eigenvalue weighted by atomic mass is 32.2. The number of nitrogens with zero attached hydrogens (tertiary/aromatic N) is 1. The average molecular weight is 300 g/mol. The first-order valence-corrected chi connectivity index (χ1v) is 7.80. The Kier molecular flexibility index (Phi) is 4.72. The van der Waals surface area contributed by atoms with E-state index in [1.807, 2.05) is 0 Å². The third kappa shape index (κ3) is 2.45. The molecule has 1 saturated heterocycles. The standard InChI is InChI=1S/C13H20N2O4S/c1-3-4-5-6-14-13(19-2)11(18)15-7-9(10(16)17)8-20-12(13)15/h7,12,14H,3-6,8H2,1-2H3,(H,16,17)/t12-,13?/m1/s1. The zero-order valence-electron chi connectivity index (χ0n) is 11.7. The third-order valence-electron chi connectivity index (χ3n) is 3.61. The van der Waals surface area contributed by atoms with E-state index in [0.717, 1.165) is 19.3 Å². The second-order valence-electron chi connectivity index (χ2n) is 4.91. The molecule has 20 heavy (non-hydrogen) atoms. The van der Waals surface area contributed by atoms with Crippen LogP contribution in [0, 0.1) is 0 Å². The first-order valence-electron chi connectivity index (χ1n) is 6.75. The van der Waals surface area contributed by atoms with Crippen LogP contribution in [0.2, 0.25) is 0 Å². The number of carbonyl (C=O) groups excluding carboxylic acids is 1. The molecule has 112 valence electrons. The highest BCUT2D eigenvalue weighted by Gasteiger charge is 2.62. The fourth-order valence-corrected chi connectivity index (χ4v) is 3.79. The number of hydrogen-bond donors (Lipinski definition) is 2. The minimum absolute atomic E-state index is 0.190. The van der Waals surface area contributed by atoms with Crippen LogP contribution in [-0.4, -0.2) is 52.4 Å². The second kappa shape index (κ2) is 6.15. The van der Waals surface area contributed by atoms with Crippen LogP contribution in [0.4, 0.5) is 0 Å². The second-order valence-corrected chi connectivity index (χ2v) is 5.98. The van der Waals surface area contributed by atoms with E-state index < -0.39 is 11.7 Å². The number of methoxy groups -OCH3 is 1. The molecule has 2 rings (SSSR count). The molecule has 0 aromatic rings. The van der Waals surface area contributed by atoms with Crippen molar-refractivity contribution in [2.75, 3.05) is 19.4 Å². The number of unbranched alkanes of at least 4 members (excludes halogenated alkanes) is 2. The Bertz CT molecular complexity index is 440. The Morgan fingerprint density at radius 2 is 2.40 bits per heavy atom. The van der Waals surface area contributed by atoms with Gasteiger partial charge in [0.1, 0.15) is 5.37 Å². The van der Waals surface area contributed by atoms with Crippen LogP contribution in [0.25, 0.3) is 0 Å². The number of β-lactam (4-membered cyclic amide) rings is 1. The van der Waals surface area contributed by atoms with Crippen LogP contribution >= 0.6 is 11.8 Å². The van der Waals surface area contributed by atoms with Crippen molar-refractivity contribution in [2.24, 2.45) is 0 Å². The first kappa shape index (κ1) is 15.3. The fraction of sp³-hybridized carbons (Fsp3) is 0.692. The summed E-state index contributed by atoms with van der Waals surface area (Å²) in [5, 5.41) is 12.0. The topological polar surface area (TPSA) is 78.9 Å². The number of thioether (sulfide) groups is 1. The van der Waals surface area contributed by atoms with Gasteiger partial charge < -0.3 is 9.84 Å². The van der Waals surface area contributed by atoms with E-state index in [2.05, 4.69) is 12.2 Å². The van der Waals surface area contributed by atoms with Gasteiger partial charge in [-0.2, -0.15) is 0 Å². The van der Waals surface area contributed by atoms with Crippen LogP contribution in [0.5, 0.6) is 0 Å². The summed E-state index contributed by atoms with van der Waals surface area (Å²) in [5.74, 6) is -0.812. The van der Waals surface area contributed by atoms with Gasteiger partial charge in [-0.1, -0.05) is 19.8 Å². The van der Waals surface area contributed by atoms with Gasteiger partial charge >= 0.3 is 5.97 Å². The molecule has 0 aliphatic carbocycles. The molecule has 0 aromatic carbocycles. The van der Waals surface area contributed by atoms with Gasteiger partial charge in [-0.3, -0.25) is 15.0 Å². The summed E-state index contributed by atoms with van der Waals surface area (Å²) in [6.07, 6.45) is 4.63. The van der Waals surface area contributed by atoms with Crippen LogP contribution < -0.4 is 5.32 Å². The van der Waals surface area contributed by atoms with E-state index in [9.17, 15) is 9.59 Å². The number of carboxylic acids is 1. The maximum Gasteiger partial charge on any atom is 0.333 e. The summed E-state index contributed by atoms with van der Waals surface area (Å²) < 4.78 is 5.43. The maximum atomic E-state index is 12.3. The fourth-order valence-electron chi connectivity index (χ4n) is 2.42.